The van der Waals surface area contributed by atoms with Gasteiger partial charge in [0.05, 0.1) is 0 Å². The van der Waals surface area contributed by atoms with Crippen molar-refractivity contribution in [3.05, 3.63) is 22.6 Å². The lowest BCUT2D eigenvalue weighted by molar-refractivity contribution is 0.0618. The van der Waals surface area contributed by atoms with Crippen LogP contribution in [-0.2, 0) is 0 Å². The van der Waals surface area contributed by atoms with Gasteiger partial charge in [-0.1, -0.05) is 0 Å². The zero-order valence-corrected chi connectivity index (χ0v) is 12.5. The number of halogens is 1. The minimum atomic E-state index is 0.0217. The van der Waals surface area contributed by atoms with Gasteiger partial charge in [0.25, 0.3) is 5.91 Å². The molecule has 0 aromatic carbocycles. The summed E-state index contributed by atoms with van der Waals surface area (Å²) in [5.41, 5.74) is 0. The van der Waals surface area contributed by atoms with Crippen molar-refractivity contribution in [3.63, 3.8) is 0 Å². The second kappa shape index (κ2) is 5.67. The van der Waals surface area contributed by atoms with Crippen molar-refractivity contribution < 1.29 is 9.21 Å². The third-order valence-corrected chi connectivity index (χ3v) is 4.62. The number of likely N-dealkylation sites (tertiary alicyclic amines) is 1. The Labute approximate surface area is 121 Å². The van der Waals surface area contributed by atoms with E-state index in [1.165, 1.54) is 19.3 Å². The van der Waals surface area contributed by atoms with Gasteiger partial charge in [-0.05, 0) is 66.2 Å². The van der Waals surface area contributed by atoms with Crippen LogP contribution >= 0.6 is 15.9 Å². The molecule has 0 radical (unpaired) electrons. The molecule has 5 heteroatoms. The number of carbonyl (C=O) groups is 1. The minimum Gasteiger partial charge on any atom is -0.444 e. The monoisotopic (exact) mass is 326 g/mol. The molecule has 2 fully saturated rings. The van der Waals surface area contributed by atoms with E-state index in [0.717, 1.165) is 26.1 Å². The molecule has 1 N–H and O–H groups in total. The Kier molecular flexibility index (Phi) is 3.93. The van der Waals surface area contributed by atoms with Crippen LogP contribution in [-0.4, -0.2) is 36.5 Å². The molecule has 1 amide bonds. The summed E-state index contributed by atoms with van der Waals surface area (Å²) < 4.78 is 5.98. The minimum absolute atomic E-state index is 0.0217. The molecular weight excluding hydrogens is 308 g/mol. The van der Waals surface area contributed by atoms with E-state index in [2.05, 4.69) is 21.2 Å². The van der Waals surface area contributed by atoms with Crippen LogP contribution in [0.5, 0.6) is 0 Å². The summed E-state index contributed by atoms with van der Waals surface area (Å²) in [4.78, 5) is 14.3. The van der Waals surface area contributed by atoms with E-state index >= 15 is 0 Å². The third kappa shape index (κ3) is 2.87. The quantitative estimate of drug-likeness (QED) is 0.908. The number of rotatable bonds is 2. The number of nitrogens with zero attached hydrogens (tertiary/aromatic N) is 1. The summed E-state index contributed by atoms with van der Waals surface area (Å²) in [6.45, 7) is 2.83. The molecule has 104 valence electrons. The Hall–Kier alpha value is -0.810. The van der Waals surface area contributed by atoms with E-state index in [0.29, 0.717) is 22.4 Å². The maximum atomic E-state index is 12.4. The lowest BCUT2D eigenvalue weighted by Crippen LogP contribution is -2.45. The zero-order valence-electron chi connectivity index (χ0n) is 10.9. The van der Waals surface area contributed by atoms with Crippen molar-refractivity contribution in [3.8, 4) is 0 Å². The molecule has 2 aliphatic heterocycles. The smallest absolute Gasteiger partial charge is 0.289 e. The highest BCUT2D eigenvalue weighted by atomic mass is 79.9. The molecule has 19 heavy (non-hydrogen) atoms. The largest absolute Gasteiger partial charge is 0.444 e. The van der Waals surface area contributed by atoms with Crippen LogP contribution in [0.3, 0.4) is 0 Å². The van der Waals surface area contributed by atoms with Crippen LogP contribution in [0.15, 0.2) is 21.2 Å². The number of amides is 1. The average molecular weight is 327 g/mol. The van der Waals surface area contributed by atoms with Gasteiger partial charge in [0, 0.05) is 19.1 Å². The molecule has 3 rings (SSSR count). The van der Waals surface area contributed by atoms with Crippen molar-refractivity contribution in [1.29, 1.82) is 0 Å². The molecule has 1 aromatic heterocycles. The predicted octanol–water partition coefficient (Wildman–Crippen LogP) is 2.65. The SMILES string of the molecule is O=C(c1ccc(Br)o1)N1CCCC(C2CCCN2)C1. The van der Waals surface area contributed by atoms with E-state index in [4.69, 9.17) is 4.42 Å². The highest BCUT2D eigenvalue weighted by Crippen LogP contribution is 2.26. The predicted molar refractivity (Wildman–Crippen MR) is 76.1 cm³/mol. The van der Waals surface area contributed by atoms with Gasteiger partial charge < -0.3 is 14.6 Å². The van der Waals surface area contributed by atoms with Crippen molar-refractivity contribution in [2.24, 2.45) is 5.92 Å². The van der Waals surface area contributed by atoms with Gasteiger partial charge in [-0.3, -0.25) is 4.79 Å². The average Bonchev–Trinajstić information content (AvgIpc) is 3.09. The van der Waals surface area contributed by atoms with Gasteiger partial charge in [-0.15, -0.1) is 0 Å². The van der Waals surface area contributed by atoms with E-state index in [-0.39, 0.29) is 5.91 Å². The standard InChI is InChI=1S/C14H19BrN2O2/c15-13-6-5-12(19-13)14(18)17-8-2-3-10(9-17)11-4-1-7-16-11/h5-6,10-11,16H,1-4,7-9H2. The number of nitrogens with one attached hydrogen (secondary N) is 1. The Morgan fingerprint density at radius 2 is 2.26 bits per heavy atom. The maximum absolute atomic E-state index is 12.4. The molecule has 4 nitrogen and oxygen atoms in total. The first-order valence-corrected chi connectivity index (χ1v) is 7.81. The lowest BCUT2D eigenvalue weighted by atomic mass is 9.89. The van der Waals surface area contributed by atoms with Crippen LogP contribution in [0.25, 0.3) is 0 Å². The summed E-state index contributed by atoms with van der Waals surface area (Å²) in [5.74, 6) is 1.05. The molecule has 0 bridgehead atoms. The van der Waals surface area contributed by atoms with Gasteiger partial charge in [0.2, 0.25) is 0 Å². The van der Waals surface area contributed by atoms with Gasteiger partial charge in [0.1, 0.15) is 0 Å². The van der Waals surface area contributed by atoms with E-state index in [1.807, 2.05) is 4.90 Å². The highest BCUT2D eigenvalue weighted by molar-refractivity contribution is 9.10. The van der Waals surface area contributed by atoms with Crippen LogP contribution in [0.4, 0.5) is 0 Å². The van der Waals surface area contributed by atoms with Crippen LogP contribution in [0, 0.1) is 5.92 Å². The van der Waals surface area contributed by atoms with Gasteiger partial charge in [0.15, 0.2) is 10.4 Å². The van der Waals surface area contributed by atoms with E-state index in [1.54, 1.807) is 12.1 Å². The molecule has 0 saturated carbocycles. The molecule has 0 spiro atoms. The van der Waals surface area contributed by atoms with Crippen LogP contribution in [0.1, 0.15) is 36.2 Å². The van der Waals surface area contributed by atoms with E-state index in [9.17, 15) is 4.79 Å². The second-order valence-electron chi connectivity index (χ2n) is 5.46. The first kappa shape index (κ1) is 13.2. The van der Waals surface area contributed by atoms with Crippen molar-refractivity contribution >= 4 is 21.8 Å². The normalized spacial score (nSPS) is 27.7. The van der Waals surface area contributed by atoms with Crippen LogP contribution in [0.2, 0.25) is 0 Å². The summed E-state index contributed by atoms with van der Waals surface area (Å²) in [7, 11) is 0. The zero-order chi connectivity index (χ0) is 13.2. The van der Waals surface area contributed by atoms with Crippen molar-refractivity contribution in [2.45, 2.75) is 31.7 Å². The van der Waals surface area contributed by atoms with Gasteiger partial charge >= 0.3 is 0 Å². The fourth-order valence-electron chi connectivity index (χ4n) is 3.22. The van der Waals surface area contributed by atoms with Crippen molar-refractivity contribution in [2.75, 3.05) is 19.6 Å². The lowest BCUT2D eigenvalue weighted by Gasteiger charge is -2.35. The molecule has 2 unspecified atom stereocenters. The first-order chi connectivity index (χ1) is 9.24. The van der Waals surface area contributed by atoms with Crippen LogP contribution < -0.4 is 5.32 Å². The number of hydrogen-bond donors (Lipinski definition) is 1. The Balaban J connectivity index is 1.65. The molecule has 1 aromatic rings. The summed E-state index contributed by atoms with van der Waals surface area (Å²) in [6.07, 6.45) is 4.83. The van der Waals surface area contributed by atoms with Gasteiger partial charge in [-0.25, -0.2) is 0 Å². The summed E-state index contributed by atoms with van der Waals surface area (Å²) in [5, 5.41) is 3.56. The number of furan rings is 1. The number of piperidine rings is 1. The molecule has 0 aliphatic carbocycles. The summed E-state index contributed by atoms with van der Waals surface area (Å²) >= 11 is 3.24. The molecule has 2 saturated heterocycles. The Morgan fingerprint density at radius 1 is 1.37 bits per heavy atom. The maximum Gasteiger partial charge on any atom is 0.289 e. The number of hydrogen-bond acceptors (Lipinski definition) is 3. The Bertz CT molecular complexity index is 454. The molecule has 2 aliphatic rings. The third-order valence-electron chi connectivity index (χ3n) is 4.20. The molecule has 2 atom stereocenters. The molecular formula is C14H19BrN2O2. The molecule has 3 heterocycles. The second-order valence-corrected chi connectivity index (χ2v) is 6.24. The summed E-state index contributed by atoms with van der Waals surface area (Å²) in [6, 6.07) is 4.11. The first-order valence-electron chi connectivity index (χ1n) is 7.02. The van der Waals surface area contributed by atoms with Gasteiger partial charge in [-0.2, -0.15) is 0 Å². The highest BCUT2D eigenvalue weighted by Gasteiger charge is 2.31. The van der Waals surface area contributed by atoms with Crippen molar-refractivity contribution in [1.82, 2.24) is 10.2 Å². The van der Waals surface area contributed by atoms with E-state index < -0.39 is 0 Å². The fraction of sp³-hybridized carbons (Fsp3) is 0.643. The topological polar surface area (TPSA) is 45.5 Å². The fourth-order valence-corrected chi connectivity index (χ4v) is 3.53. The Morgan fingerprint density at radius 3 is 2.95 bits per heavy atom. The number of carbonyl (C=O) groups excluding carboxylic acids is 1.